The van der Waals surface area contributed by atoms with Crippen molar-refractivity contribution in [3.05, 3.63) is 28.3 Å². The largest absolute Gasteiger partial charge is 0.476 e. The molecule has 1 aromatic heterocycles. The fourth-order valence-corrected chi connectivity index (χ4v) is 1.15. The van der Waals surface area contributed by atoms with Crippen LogP contribution in [0.4, 0.5) is 0 Å². The third kappa shape index (κ3) is 4.28. The van der Waals surface area contributed by atoms with Crippen LogP contribution >= 0.6 is 0 Å². The molecule has 1 heterocycles. The van der Waals surface area contributed by atoms with E-state index in [9.17, 15) is 9.59 Å². The molecular formula is C11H15NO5. The van der Waals surface area contributed by atoms with E-state index in [2.05, 4.69) is 5.32 Å². The van der Waals surface area contributed by atoms with Crippen molar-refractivity contribution in [3.63, 3.8) is 0 Å². The summed E-state index contributed by atoms with van der Waals surface area (Å²) < 4.78 is 14.9. The predicted molar refractivity (Wildman–Crippen MR) is 60.1 cm³/mol. The number of nitrogens with one attached hydrogen (secondary N) is 1. The minimum atomic E-state index is -0.315. The molecule has 6 heteroatoms. The van der Waals surface area contributed by atoms with E-state index in [0.717, 1.165) is 0 Å². The molecule has 0 aliphatic carbocycles. The van der Waals surface area contributed by atoms with Crippen molar-refractivity contribution < 1.29 is 18.7 Å². The number of methoxy groups -OCH3 is 1. The van der Waals surface area contributed by atoms with Gasteiger partial charge in [0.15, 0.2) is 6.61 Å². The van der Waals surface area contributed by atoms with Gasteiger partial charge in [-0.3, -0.25) is 9.59 Å². The number of aryl methyl sites for hydroxylation is 1. The van der Waals surface area contributed by atoms with Crippen LogP contribution in [-0.4, -0.2) is 32.8 Å². The summed E-state index contributed by atoms with van der Waals surface area (Å²) in [7, 11) is 1.54. The summed E-state index contributed by atoms with van der Waals surface area (Å²) in [5, 5.41) is 2.57. The van der Waals surface area contributed by atoms with Crippen molar-refractivity contribution in [1.82, 2.24) is 5.32 Å². The maximum atomic E-state index is 11.4. The van der Waals surface area contributed by atoms with E-state index in [1.807, 2.05) is 0 Å². The van der Waals surface area contributed by atoms with Crippen molar-refractivity contribution in [2.24, 2.45) is 0 Å². The molecule has 0 spiro atoms. The van der Waals surface area contributed by atoms with Gasteiger partial charge in [-0.05, 0) is 6.92 Å². The molecule has 0 aliphatic rings. The van der Waals surface area contributed by atoms with Gasteiger partial charge in [0.1, 0.15) is 5.76 Å². The number of ether oxygens (including phenoxy) is 2. The zero-order valence-electron chi connectivity index (χ0n) is 9.82. The number of carbonyl (C=O) groups is 1. The zero-order valence-corrected chi connectivity index (χ0v) is 9.82. The first-order valence-electron chi connectivity index (χ1n) is 5.12. The molecule has 1 aromatic rings. The van der Waals surface area contributed by atoms with Gasteiger partial charge < -0.3 is 19.2 Å². The Balaban J connectivity index is 2.45. The molecule has 0 aliphatic heterocycles. The van der Waals surface area contributed by atoms with Gasteiger partial charge in [-0.1, -0.05) is 0 Å². The summed E-state index contributed by atoms with van der Waals surface area (Å²) in [6, 6.07) is 1.24. The Bertz CT molecular complexity index is 426. The number of amides is 1. The first-order valence-corrected chi connectivity index (χ1v) is 5.12. The molecule has 94 valence electrons. The second-order valence-electron chi connectivity index (χ2n) is 3.30. The third-order valence-electron chi connectivity index (χ3n) is 1.98. The molecule has 0 bridgehead atoms. The Hall–Kier alpha value is -1.82. The van der Waals surface area contributed by atoms with E-state index in [-0.39, 0.29) is 23.7 Å². The molecule has 0 aromatic carbocycles. The van der Waals surface area contributed by atoms with Crippen LogP contribution in [0.5, 0.6) is 5.75 Å². The highest BCUT2D eigenvalue weighted by Crippen LogP contribution is 2.09. The molecule has 1 rings (SSSR count). The Morgan fingerprint density at radius 1 is 1.53 bits per heavy atom. The number of hydrogen-bond donors (Lipinski definition) is 1. The van der Waals surface area contributed by atoms with Crippen LogP contribution in [0.15, 0.2) is 21.5 Å². The minimum Gasteiger partial charge on any atom is -0.476 e. The van der Waals surface area contributed by atoms with Gasteiger partial charge in [-0.15, -0.1) is 0 Å². The van der Waals surface area contributed by atoms with Crippen molar-refractivity contribution in [2.75, 3.05) is 26.9 Å². The Kier molecular flexibility index (Phi) is 5.22. The number of hydrogen-bond acceptors (Lipinski definition) is 5. The minimum absolute atomic E-state index is 0.0643. The van der Waals surface area contributed by atoms with Gasteiger partial charge in [0.25, 0.3) is 5.91 Å². The van der Waals surface area contributed by atoms with Crippen molar-refractivity contribution >= 4 is 5.91 Å². The fourth-order valence-electron chi connectivity index (χ4n) is 1.15. The summed E-state index contributed by atoms with van der Waals surface area (Å²) >= 11 is 0. The smallest absolute Gasteiger partial charge is 0.258 e. The molecule has 17 heavy (non-hydrogen) atoms. The molecule has 0 fully saturated rings. The molecule has 0 atom stereocenters. The van der Waals surface area contributed by atoms with Crippen LogP contribution in [0.1, 0.15) is 5.76 Å². The highest BCUT2D eigenvalue weighted by Gasteiger charge is 2.08. The zero-order chi connectivity index (χ0) is 12.7. The third-order valence-corrected chi connectivity index (χ3v) is 1.98. The molecule has 1 amide bonds. The molecule has 0 radical (unpaired) electrons. The van der Waals surface area contributed by atoms with Crippen LogP contribution in [-0.2, 0) is 9.53 Å². The SMILES string of the molecule is COCCNC(=O)COc1c(C)occc1=O. The van der Waals surface area contributed by atoms with Crippen molar-refractivity contribution in [3.8, 4) is 5.75 Å². The maximum Gasteiger partial charge on any atom is 0.258 e. The van der Waals surface area contributed by atoms with Crippen molar-refractivity contribution in [1.29, 1.82) is 0 Å². The van der Waals surface area contributed by atoms with Crippen LogP contribution in [0.3, 0.4) is 0 Å². The summed E-state index contributed by atoms with van der Waals surface area (Å²) in [5.41, 5.74) is -0.307. The topological polar surface area (TPSA) is 77.8 Å². The molecule has 0 unspecified atom stereocenters. The Morgan fingerprint density at radius 3 is 2.94 bits per heavy atom. The fraction of sp³-hybridized carbons (Fsp3) is 0.455. The predicted octanol–water partition coefficient (Wildman–Crippen LogP) is 0.0896. The lowest BCUT2D eigenvalue weighted by atomic mass is 10.4. The lowest BCUT2D eigenvalue weighted by Crippen LogP contribution is -2.32. The van der Waals surface area contributed by atoms with Crippen LogP contribution in [0.25, 0.3) is 0 Å². The quantitative estimate of drug-likeness (QED) is 0.714. The summed E-state index contributed by atoms with van der Waals surface area (Å²) in [5.74, 6) is 0.0984. The average Bonchev–Trinajstić information content (AvgIpc) is 2.29. The highest BCUT2D eigenvalue weighted by molar-refractivity contribution is 5.77. The summed E-state index contributed by atoms with van der Waals surface area (Å²) in [4.78, 5) is 22.7. The van der Waals surface area contributed by atoms with Crippen LogP contribution in [0.2, 0.25) is 0 Å². The molecular weight excluding hydrogens is 226 g/mol. The first kappa shape index (κ1) is 13.2. The number of carbonyl (C=O) groups excluding carboxylic acids is 1. The van der Waals surface area contributed by atoms with Crippen molar-refractivity contribution in [2.45, 2.75) is 6.92 Å². The monoisotopic (exact) mass is 241 g/mol. The first-order chi connectivity index (χ1) is 8.15. The van der Waals surface area contributed by atoms with Crippen LogP contribution in [0, 0.1) is 6.92 Å². The van der Waals surface area contributed by atoms with Crippen LogP contribution < -0.4 is 15.5 Å². The van der Waals surface area contributed by atoms with E-state index in [4.69, 9.17) is 13.9 Å². The highest BCUT2D eigenvalue weighted by atomic mass is 16.5. The summed E-state index contributed by atoms with van der Waals surface area (Å²) in [6.07, 6.45) is 1.28. The molecule has 0 saturated heterocycles. The lowest BCUT2D eigenvalue weighted by Gasteiger charge is -2.07. The van der Waals surface area contributed by atoms with E-state index in [1.54, 1.807) is 14.0 Å². The lowest BCUT2D eigenvalue weighted by molar-refractivity contribution is -0.123. The standard InChI is InChI=1S/C11H15NO5/c1-8-11(9(13)3-5-16-8)17-7-10(14)12-4-6-15-2/h3,5H,4,6-7H2,1-2H3,(H,12,14). The molecule has 6 nitrogen and oxygen atoms in total. The second kappa shape index (κ2) is 6.70. The van der Waals surface area contributed by atoms with Gasteiger partial charge >= 0.3 is 0 Å². The number of rotatable bonds is 6. The van der Waals surface area contributed by atoms with Gasteiger partial charge in [0.2, 0.25) is 11.2 Å². The van der Waals surface area contributed by atoms with E-state index in [0.29, 0.717) is 18.9 Å². The van der Waals surface area contributed by atoms with E-state index in [1.165, 1.54) is 12.3 Å². The average molecular weight is 241 g/mol. The van der Waals surface area contributed by atoms with Gasteiger partial charge in [-0.25, -0.2) is 0 Å². The Morgan fingerprint density at radius 2 is 2.29 bits per heavy atom. The summed E-state index contributed by atoms with van der Waals surface area (Å²) in [6.45, 7) is 2.21. The van der Waals surface area contributed by atoms with E-state index < -0.39 is 0 Å². The van der Waals surface area contributed by atoms with Gasteiger partial charge in [-0.2, -0.15) is 0 Å². The Labute approximate surface area is 98.5 Å². The van der Waals surface area contributed by atoms with Gasteiger partial charge in [0, 0.05) is 19.7 Å². The van der Waals surface area contributed by atoms with Gasteiger partial charge in [0.05, 0.1) is 12.9 Å². The molecule has 0 saturated carbocycles. The second-order valence-corrected chi connectivity index (χ2v) is 3.30. The maximum absolute atomic E-state index is 11.4. The molecule has 1 N–H and O–H groups in total. The normalized spacial score (nSPS) is 10.0. The van der Waals surface area contributed by atoms with E-state index >= 15 is 0 Å².